The van der Waals surface area contributed by atoms with Crippen molar-refractivity contribution < 1.29 is 14.7 Å². The normalized spacial score (nSPS) is 12.7. The van der Waals surface area contributed by atoms with E-state index in [1.54, 1.807) is 12.1 Å². The van der Waals surface area contributed by atoms with Gasteiger partial charge in [-0.15, -0.1) is 0 Å². The Labute approximate surface area is 125 Å². The molecular formula is C16H24N2O3. The molecule has 116 valence electrons. The molecule has 0 radical (unpaired) electrons. The topological polar surface area (TPSA) is 78.4 Å². The first kappa shape index (κ1) is 17.2. The van der Waals surface area contributed by atoms with E-state index in [1.807, 2.05) is 40.7 Å². The van der Waals surface area contributed by atoms with Crippen LogP contribution in [0.4, 0.5) is 5.69 Å². The average molecular weight is 292 g/mol. The molecule has 21 heavy (non-hydrogen) atoms. The molecule has 0 aliphatic rings. The zero-order valence-electron chi connectivity index (χ0n) is 13.3. The molecule has 5 nitrogen and oxygen atoms in total. The van der Waals surface area contributed by atoms with Gasteiger partial charge in [-0.25, -0.2) is 0 Å². The molecule has 3 N–H and O–H groups in total. The van der Waals surface area contributed by atoms with E-state index < -0.39 is 17.9 Å². The highest BCUT2D eigenvalue weighted by atomic mass is 16.3. The van der Waals surface area contributed by atoms with Gasteiger partial charge in [-0.2, -0.15) is 0 Å². The molecular weight excluding hydrogens is 268 g/mol. The van der Waals surface area contributed by atoms with E-state index in [4.69, 9.17) is 0 Å². The van der Waals surface area contributed by atoms with Gasteiger partial charge >= 0.3 is 11.8 Å². The Morgan fingerprint density at radius 1 is 1.10 bits per heavy atom. The third kappa shape index (κ3) is 5.55. The molecule has 5 heteroatoms. The molecule has 0 aliphatic heterocycles. The SMILES string of the molecule is Cc1cc(C)cc(NC(=O)C(=O)NC[C@@H](O)C(C)(C)C)c1. The second-order valence-corrected chi connectivity index (χ2v) is 6.42. The van der Waals surface area contributed by atoms with E-state index >= 15 is 0 Å². The smallest absolute Gasteiger partial charge is 0.313 e. The van der Waals surface area contributed by atoms with E-state index in [-0.39, 0.29) is 12.0 Å². The van der Waals surface area contributed by atoms with Crippen molar-refractivity contribution >= 4 is 17.5 Å². The molecule has 0 fully saturated rings. The molecule has 1 rings (SSSR count). The first-order chi connectivity index (χ1) is 9.59. The lowest BCUT2D eigenvalue weighted by Gasteiger charge is -2.25. The molecule has 0 unspecified atom stereocenters. The second-order valence-electron chi connectivity index (χ2n) is 6.42. The fraction of sp³-hybridized carbons (Fsp3) is 0.500. The minimum Gasteiger partial charge on any atom is -0.391 e. The molecule has 0 bridgehead atoms. The van der Waals surface area contributed by atoms with Crippen LogP contribution in [0.1, 0.15) is 31.9 Å². The second kappa shape index (κ2) is 6.72. The van der Waals surface area contributed by atoms with Crippen molar-refractivity contribution in [2.75, 3.05) is 11.9 Å². The summed E-state index contributed by atoms with van der Waals surface area (Å²) in [7, 11) is 0. The number of aliphatic hydroxyl groups excluding tert-OH is 1. The fourth-order valence-corrected chi connectivity index (χ4v) is 1.81. The van der Waals surface area contributed by atoms with Crippen LogP contribution in [-0.4, -0.2) is 29.6 Å². The number of carbonyl (C=O) groups excluding carboxylic acids is 2. The molecule has 0 spiro atoms. The third-order valence-corrected chi connectivity index (χ3v) is 3.14. The summed E-state index contributed by atoms with van der Waals surface area (Å²) < 4.78 is 0. The van der Waals surface area contributed by atoms with E-state index in [1.165, 1.54) is 0 Å². The van der Waals surface area contributed by atoms with Gasteiger partial charge in [0, 0.05) is 12.2 Å². The van der Waals surface area contributed by atoms with Gasteiger partial charge < -0.3 is 15.7 Å². The Balaban J connectivity index is 2.57. The Bertz CT molecular complexity index is 513. The summed E-state index contributed by atoms with van der Waals surface area (Å²) in [6.07, 6.45) is -0.713. The fourth-order valence-electron chi connectivity index (χ4n) is 1.81. The Hall–Kier alpha value is -1.88. The van der Waals surface area contributed by atoms with Crippen molar-refractivity contribution in [1.29, 1.82) is 0 Å². The molecule has 0 aromatic heterocycles. The van der Waals surface area contributed by atoms with Gasteiger partial charge in [-0.05, 0) is 42.5 Å². The number of hydrogen-bond acceptors (Lipinski definition) is 3. The molecule has 1 atom stereocenters. The van der Waals surface area contributed by atoms with Crippen LogP contribution in [0.25, 0.3) is 0 Å². The van der Waals surface area contributed by atoms with E-state index in [0.717, 1.165) is 11.1 Å². The van der Waals surface area contributed by atoms with Gasteiger partial charge in [0.2, 0.25) is 0 Å². The maximum atomic E-state index is 11.8. The minimum atomic E-state index is -0.752. The monoisotopic (exact) mass is 292 g/mol. The number of carbonyl (C=O) groups is 2. The molecule has 0 heterocycles. The van der Waals surface area contributed by atoms with Crippen LogP contribution in [0.15, 0.2) is 18.2 Å². The van der Waals surface area contributed by atoms with Crippen molar-refractivity contribution in [3.63, 3.8) is 0 Å². The van der Waals surface area contributed by atoms with Crippen molar-refractivity contribution in [2.45, 2.75) is 40.7 Å². The first-order valence-electron chi connectivity index (χ1n) is 6.95. The highest BCUT2D eigenvalue weighted by Gasteiger charge is 2.23. The zero-order chi connectivity index (χ0) is 16.2. The van der Waals surface area contributed by atoms with Gasteiger partial charge in [0.15, 0.2) is 0 Å². The number of amides is 2. The summed E-state index contributed by atoms with van der Waals surface area (Å²) in [5, 5.41) is 14.8. The average Bonchev–Trinajstić information content (AvgIpc) is 2.32. The minimum absolute atomic E-state index is 0.0442. The number of nitrogens with one attached hydrogen (secondary N) is 2. The maximum Gasteiger partial charge on any atom is 0.313 e. The van der Waals surface area contributed by atoms with Crippen LogP contribution < -0.4 is 10.6 Å². The summed E-state index contributed by atoms with van der Waals surface area (Å²) in [6, 6.07) is 5.57. The van der Waals surface area contributed by atoms with E-state index in [2.05, 4.69) is 10.6 Å². The molecule has 0 aliphatic carbocycles. The highest BCUT2D eigenvalue weighted by molar-refractivity contribution is 6.39. The summed E-state index contributed by atoms with van der Waals surface area (Å²) in [5.74, 6) is -1.49. The van der Waals surface area contributed by atoms with Crippen LogP contribution >= 0.6 is 0 Å². The Morgan fingerprint density at radius 2 is 1.62 bits per heavy atom. The van der Waals surface area contributed by atoms with Crippen LogP contribution in [0.3, 0.4) is 0 Å². The molecule has 0 saturated heterocycles. The third-order valence-electron chi connectivity index (χ3n) is 3.14. The number of aliphatic hydroxyl groups is 1. The van der Waals surface area contributed by atoms with Gasteiger partial charge in [0.25, 0.3) is 0 Å². The standard InChI is InChI=1S/C16H24N2O3/c1-10-6-11(2)8-12(7-10)18-15(21)14(20)17-9-13(19)16(3,4)5/h6-8,13,19H,9H2,1-5H3,(H,17,20)(H,18,21)/t13-/m1/s1. The highest BCUT2D eigenvalue weighted by Crippen LogP contribution is 2.18. The van der Waals surface area contributed by atoms with Gasteiger partial charge in [-0.3, -0.25) is 9.59 Å². The van der Waals surface area contributed by atoms with Crippen molar-refractivity contribution in [3.8, 4) is 0 Å². The number of anilines is 1. The van der Waals surface area contributed by atoms with E-state index in [9.17, 15) is 14.7 Å². The maximum absolute atomic E-state index is 11.8. The lowest BCUT2D eigenvalue weighted by molar-refractivity contribution is -0.136. The summed E-state index contributed by atoms with van der Waals surface area (Å²) in [5.41, 5.74) is 2.25. The van der Waals surface area contributed by atoms with Gasteiger partial charge in [0.1, 0.15) is 0 Å². The van der Waals surface area contributed by atoms with Crippen LogP contribution in [0, 0.1) is 19.3 Å². The number of benzene rings is 1. The van der Waals surface area contributed by atoms with Crippen molar-refractivity contribution in [3.05, 3.63) is 29.3 Å². The molecule has 0 saturated carbocycles. The Kier molecular flexibility index (Phi) is 5.49. The summed E-state index contributed by atoms with van der Waals surface area (Å²) >= 11 is 0. The lowest BCUT2D eigenvalue weighted by atomic mass is 9.89. The predicted molar refractivity (Wildman–Crippen MR) is 83.0 cm³/mol. The number of hydrogen-bond donors (Lipinski definition) is 3. The van der Waals surface area contributed by atoms with Gasteiger partial charge in [-0.1, -0.05) is 26.8 Å². The Morgan fingerprint density at radius 3 is 2.10 bits per heavy atom. The van der Waals surface area contributed by atoms with Crippen LogP contribution in [-0.2, 0) is 9.59 Å². The molecule has 2 amide bonds. The first-order valence-corrected chi connectivity index (χ1v) is 6.95. The summed E-state index contributed by atoms with van der Waals surface area (Å²) in [4.78, 5) is 23.5. The van der Waals surface area contributed by atoms with Crippen LogP contribution in [0.5, 0.6) is 0 Å². The lowest BCUT2D eigenvalue weighted by Crippen LogP contribution is -2.43. The molecule has 1 aromatic carbocycles. The quantitative estimate of drug-likeness (QED) is 0.743. The number of rotatable bonds is 3. The van der Waals surface area contributed by atoms with Crippen molar-refractivity contribution in [1.82, 2.24) is 5.32 Å². The van der Waals surface area contributed by atoms with E-state index in [0.29, 0.717) is 5.69 Å². The zero-order valence-corrected chi connectivity index (χ0v) is 13.3. The predicted octanol–water partition coefficient (Wildman–Crippen LogP) is 1.77. The largest absolute Gasteiger partial charge is 0.391 e. The van der Waals surface area contributed by atoms with Crippen molar-refractivity contribution in [2.24, 2.45) is 5.41 Å². The summed E-state index contributed by atoms with van der Waals surface area (Å²) in [6.45, 7) is 9.46. The number of aryl methyl sites for hydroxylation is 2. The molecule has 1 aromatic rings. The van der Waals surface area contributed by atoms with Gasteiger partial charge in [0.05, 0.1) is 6.10 Å². The van der Waals surface area contributed by atoms with Crippen LogP contribution in [0.2, 0.25) is 0 Å².